The zero-order valence-corrected chi connectivity index (χ0v) is 12.4. The second kappa shape index (κ2) is 6.56. The van der Waals surface area contributed by atoms with Crippen molar-refractivity contribution in [3.63, 3.8) is 0 Å². The van der Waals surface area contributed by atoms with E-state index in [-0.39, 0.29) is 12.5 Å². The molecule has 0 radical (unpaired) electrons. The van der Waals surface area contributed by atoms with Crippen molar-refractivity contribution in [3.8, 4) is 0 Å². The molecule has 0 atom stereocenters. The molecule has 1 aromatic rings. The molecule has 1 rings (SSSR count). The lowest BCUT2D eigenvalue weighted by Gasteiger charge is -2.25. The van der Waals surface area contributed by atoms with Gasteiger partial charge in [0.05, 0.1) is 11.9 Å². The number of amides is 1. The van der Waals surface area contributed by atoms with Crippen LogP contribution >= 0.6 is 0 Å². The number of carbonyl (C=O) groups excluding carboxylic acids is 1. The lowest BCUT2D eigenvalue weighted by atomic mass is 10.3. The van der Waals surface area contributed by atoms with Gasteiger partial charge in [0.25, 0.3) is 0 Å². The van der Waals surface area contributed by atoms with Crippen LogP contribution in [0, 0.1) is 0 Å². The number of anilines is 1. The lowest BCUT2D eigenvalue weighted by molar-refractivity contribution is -0.129. The second-order valence-electron chi connectivity index (χ2n) is 4.17. The van der Waals surface area contributed by atoms with Gasteiger partial charge >= 0.3 is 0 Å². The average Bonchev–Trinajstić information content (AvgIpc) is 2.37. The number of hydrogen-bond acceptors (Lipinski definition) is 3. The first-order valence-corrected chi connectivity index (χ1v) is 8.05. The van der Waals surface area contributed by atoms with Crippen LogP contribution in [-0.2, 0) is 14.8 Å². The average molecular weight is 284 g/mol. The zero-order valence-electron chi connectivity index (χ0n) is 11.5. The first kappa shape index (κ1) is 15.5. The van der Waals surface area contributed by atoms with Gasteiger partial charge in [0.15, 0.2) is 0 Å². The molecule has 0 heterocycles. The third-order valence-corrected chi connectivity index (χ3v) is 3.98. The molecule has 0 saturated heterocycles. The van der Waals surface area contributed by atoms with Gasteiger partial charge in [0.2, 0.25) is 15.9 Å². The van der Waals surface area contributed by atoms with Gasteiger partial charge in [-0.3, -0.25) is 9.10 Å². The highest BCUT2D eigenvalue weighted by Gasteiger charge is 2.22. The number of para-hydroxylation sites is 1. The van der Waals surface area contributed by atoms with Gasteiger partial charge in [-0.05, 0) is 26.0 Å². The van der Waals surface area contributed by atoms with Crippen LogP contribution in [0.15, 0.2) is 30.3 Å². The number of hydrogen-bond donors (Lipinski definition) is 0. The number of likely N-dealkylation sites (N-methyl/N-ethyl adjacent to an activating group) is 1. The van der Waals surface area contributed by atoms with E-state index < -0.39 is 10.0 Å². The van der Waals surface area contributed by atoms with E-state index in [1.165, 1.54) is 0 Å². The molecule has 0 saturated carbocycles. The van der Waals surface area contributed by atoms with Crippen LogP contribution < -0.4 is 4.31 Å². The Bertz CT molecular complexity index is 510. The van der Waals surface area contributed by atoms with Gasteiger partial charge in [-0.2, -0.15) is 0 Å². The standard InChI is InChI=1S/C13H20N2O3S/c1-4-14(5-2)13(16)11-15(19(3,17)18)12-9-7-6-8-10-12/h6-10H,4-5,11H2,1-3H3. The summed E-state index contributed by atoms with van der Waals surface area (Å²) in [5.41, 5.74) is 0.505. The Morgan fingerprint density at radius 2 is 1.63 bits per heavy atom. The van der Waals surface area contributed by atoms with Gasteiger partial charge < -0.3 is 4.90 Å². The highest BCUT2D eigenvalue weighted by molar-refractivity contribution is 7.92. The van der Waals surface area contributed by atoms with Crippen LogP contribution in [0.1, 0.15) is 13.8 Å². The first-order valence-electron chi connectivity index (χ1n) is 6.20. The fourth-order valence-electron chi connectivity index (χ4n) is 1.79. The predicted molar refractivity (Wildman–Crippen MR) is 76.6 cm³/mol. The summed E-state index contributed by atoms with van der Waals surface area (Å²) in [7, 11) is -3.48. The Morgan fingerprint density at radius 3 is 2.05 bits per heavy atom. The van der Waals surface area contributed by atoms with E-state index in [1.54, 1.807) is 35.2 Å². The monoisotopic (exact) mass is 284 g/mol. The Kier molecular flexibility index (Phi) is 5.35. The van der Waals surface area contributed by atoms with Gasteiger partial charge in [-0.25, -0.2) is 8.42 Å². The molecule has 0 aliphatic heterocycles. The molecule has 0 aromatic heterocycles. The van der Waals surface area contributed by atoms with E-state index in [4.69, 9.17) is 0 Å². The highest BCUT2D eigenvalue weighted by atomic mass is 32.2. The summed E-state index contributed by atoms with van der Waals surface area (Å²) in [6.45, 7) is 4.72. The Balaban J connectivity index is 2.99. The van der Waals surface area contributed by atoms with E-state index >= 15 is 0 Å². The molecule has 0 aliphatic rings. The van der Waals surface area contributed by atoms with E-state index in [0.717, 1.165) is 10.6 Å². The minimum absolute atomic E-state index is 0.162. The van der Waals surface area contributed by atoms with Crippen molar-refractivity contribution in [1.29, 1.82) is 0 Å². The smallest absolute Gasteiger partial charge is 0.243 e. The Hall–Kier alpha value is -1.56. The summed E-state index contributed by atoms with van der Waals surface area (Å²) in [4.78, 5) is 13.7. The van der Waals surface area contributed by atoms with E-state index in [0.29, 0.717) is 18.8 Å². The molecule has 6 heteroatoms. The van der Waals surface area contributed by atoms with Crippen LogP contribution in [0.25, 0.3) is 0 Å². The largest absolute Gasteiger partial charge is 0.342 e. The van der Waals surface area contributed by atoms with E-state index in [2.05, 4.69) is 0 Å². The van der Waals surface area contributed by atoms with Crippen LogP contribution in [-0.4, -0.2) is 45.1 Å². The fraction of sp³-hybridized carbons (Fsp3) is 0.462. The molecule has 1 amide bonds. The first-order chi connectivity index (χ1) is 8.90. The molecular weight excluding hydrogens is 264 g/mol. The molecule has 0 spiro atoms. The number of sulfonamides is 1. The minimum Gasteiger partial charge on any atom is -0.342 e. The summed E-state index contributed by atoms with van der Waals surface area (Å²) in [5, 5.41) is 0. The Labute approximate surface area is 114 Å². The lowest BCUT2D eigenvalue weighted by Crippen LogP contribution is -2.42. The van der Waals surface area contributed by atoms with E-state index in [9.17, 15) is 13.2 Å². The fourth-order valence-corrected chi connectivity index (χ4v) is 2.64. The maximum absolute atomic E-state index is 12.1. The third kappa shape index (κ3) is 4.24. The van der Waals surface area contributed by atoms with Crippen LogP contribution in [0.4, 0.5) is 5.69 Å². The molecule has 106 valence electrons. The molecular formula is C13H20N2O3S. The van der Waals surface area contributed by atoms with Gasteiger partial charge in [0.1, 0.15) is 6.54 Å². The summed E-state index contributed by atoms with van der Waals surface area (Å²) < 4.78 is 24.8. The summed E-state index contributed by atoms with van der Waals surface area (Å²) >= 11 is 0. The molecule has 5 nitrogen and oxygen atoms in total. The van der Waals surface area contributed by atoms with Gasteiger partial charge in [-0.15, -0.1) is 0 Å². The SMILES string of the molecule is CCN(CC)C(=O)CN(c1ccccc1)S(C)(=O)=O. The van der Waals surface area contributed by atoms with Gasteiger partial charge in [0, 0.05) is 13.1 Å². The summed E-state index contributed by atoms with van der Waals surface area (Å²) in [6, 6.07) is 8.65. The maximum atomic E-state index is 12.1. The van der Waals surface area contributed by atoms with E-state index in [1.807, 2.05) is 13.8 Å². The van der Waals surface area contributed by atoms with Crippen molar-refractivity contribution in [2.75, 3.05) is 30.2 Å². The molecule has 0 unspecified atom stereocenters. The second-order valence-corrected chi connectivity index (χ2v) is 6.08. The van der Waals surface area contributed by atoms with Gasteiger partial charge in [-0.1, -0.05) is 18.2 Å². The maximum Gasteiger partial charge on any atom is 0.243 e. The third-order valence-electron chi connectivity index (χ3n) is 2.84. The number of carbonyl (C=O) groups is 1. The Morgan fingerprint density at radius 1 is 1.11 bits per heavy atom. The molecule has 0 N–H and O–H groups in total. The van der Waals surface area contributed by atoms with Crippen LogP contribution in [0.2, 0.25) is 0 Å². The quantitative estimate of drug-likeness (QED) is 0.791. The van der Waals surface area contributed by atoms with Crippen molar-refractivity contribution in [2.45, 2.75) is 13.8 Å². The number of nitrogens with zero attached hydrogens (tertiary/aromatic N) is 2. The minimum atomic E-state index is -3.48. The van der Waals surface area contributed by atoms with Crippen LogP contribution in [0.3, 0.4) is 0 Å². The van der Waals surface area contributed by atoms with Crippen molar-refractivity contribution in [3.05, 3.63) is 30.3 Å². The van der Waals surface area contributed by atoms with Crippen molar-refractivity contribution >= 4 is 21.6 Å². The molecule has 1 aromatic carbocycles. The van der Waals surface area contributed by atoms with Crippen LogP contribution in [0.5, 0.6) is 0 Å². The van der Waals surface area contributed by atoms with Crippen molar-refractivity contribution < 1.29 is 13.2 Å². The molecule has 0 bridgehead atoms. The predicted octanol–water partition coefficient (Wildman–Crippen LogP) is 1.32. The number of rotatable bonds is 6. The summed E-state index contributed by atoms with van der Waals surface area (Å²) in [5.74, 6) is -0.195. The topological polar surface area (TPSA) is 57.7 Å². The number of benzene rings is 1. The van der Waals surface area contributed by atoms with Crippen molar-refractivity contribution in [1.82, 2.24) is 4.90 Å². The van der Waals surface area contributed by atoms with Crippen molar-refractivity contribution in [2.24, 2.45) is 0 Å². The highest BCUT2D eigenvalue weighted by Crippen LogP contribution is 2.16. The molecule has 0 aliphatic carbocycles. The zero-order chi connectivity index (χ0) is 14.5. The summed E-state index contributed by atoms with van der Waals surface area (Å²) in [6.07, 6.45) is 1.11. The molecule has 0 fully saturated rings. The molecule has 19 heavy (non-hydrogen) atoms. The normalized spacial score (nSPS) is 11.1.